The molecule has 0 radical (unpaired) electrons. The zero-order valence-electron chi connectivity index (χ0n) is 9.08. The highest BCUT2D eigenvalue weighted by molar-refractivity contribution is 7.99. The molecule has 82 valence electrons. The molecule has 2 heteroatoms. The van der Waals surface area contributed by atoms with E-state index in [9.17, 15) is 0 Å². The molecule has 1 saturated carbocycles. The molecule has 0 aliphatic heterocycles. The van der Waals surface area contributed by atoms with Crippen molar-refractivity contribution in [2.45, 2.75) is 56.2 Å². The maximum atomic E-state index is 6.01. The molecule has 14 heavy (non-hydrogen) atoms. The summed E-state index contributed by atoms with van der Waals surface area (Å²) in [6.07, 6.45) is 11.3. The van der Waals surface area contributed by atoms with E-state index in [4.69, 9.17) is 5.73 Å². The molecule has 1 atom stereocenters. The van der Waals surface area contributed by atoms with Crippen LogP contribution in [0.15, 0.2) is 12.7 Å². The Labute approximate surface area is 92.5 Å². The van der Waals surface area contributed by atoms with Crippen molar-refractivity contribution in [1.82, 2.24) is 0 Å². The third kappa shape index (κ3) is 5.06. The van der Waals surface area contributed by atoms with Crippen LogP contribution in [0.2, 0.25) is 0 Å². The number of thioether (sulfide) groups is 1. The topological polar surface area (TPSA) is 26.0 Å². The largest absolute Gasteiger partial charge is 0.327 e. The first-order chi connectivity index (χ1) is 6.83. The van der Waals surface area contributed by atoms with Gasteiger partial charge in [-0.1, -0.05) is 25.3 Å². The van der Waals surface area contributed by atoms with E-state index < -0.39 is 0 Å². The van der Waals surface area contributed by atoms with E-state index in [1.165, 1.54) is 32.1 Å². The smallest absolute Gasteiger partial charge is 0.0133 e. The van der Waals surface area contributed by atoms with E-state index >= 15 is 0 Å². The van der Waals surface area contributed by atoms with Crippen LogP contribution in [-0.4, -0.2) is 17.0 Å². The summed E-state index contributed by atoms with van der Waals surface area (Å²) in [6.45, 7) is 3.72. The SMILES string of the molecule is C=CCCC(N)CSC1CCCCC1. The third-order valence-corrected chi connectivity index (χ3v) is 4.40. The van der Waals surface area contributed by atoms with Crippen LogP contribution in [0.5, 0.6) is 0 Å². The molecule has 0 aromatic carbocycles. The van der Waals surface area contributed by atoms with Crippen molar-refractivity contribution >= 4 is 11.8 Å². The van der Waals surface area contributed by atoms with Gasteiger partial charge in [-0.25, -0.2) is 0 Å². The molecule has 1 unspecified atom stereocenters. The molecule has 1 aliphatic rings. The number of rotatable bonds is 6. The van der Waals surface area contributed by atoms with Crippen LogP contribution in [0.1, 0.15) is 44.9 Å². The van der Waals surface area contributed by atoms with Crippen molar-refractivity contribution in [3.8, 4) is 0 Å². The van der Waals surface area contributed by atoms with E-state index in [-0.39, 0.29) is 0 Å². The van der Waals surface area contributed by atoms with Gasteiger partial charge in [0, 0.05) is 17.0 Å². The summed E-state index contributed by atoms with van der Waals surface area (Å²) < 4.78 is 0. The van der Waals surface area contributed by atoms with Crippen molar-refractivity contribution in [1.29, 1.82) is 0 Å². The van der Waals surface area contributed by atoms with Crippen LogP contribution >= 0.6 is 11.8 Å². The van der Waals surface area contributed by atoms with Crippen LogP contribution in [0.4, 0.5) is 0 Å². The summed E-state index contributed by atoms with van der Waals surface area (Å²) in [7, 11) is 0. The van der Waals surface area contributed by atoms with Crippen LogP contribution < -0.4 is 5.73 Å². The van der Waals surface area contributed by atoms with Crippen LogP contribution in [-0.2, 0) is 0 Å². The molecule has 0 saturated heterocycles. The Morgan fingerprint density at radius 3 is 2.71 bits per heavy atom. The standard InChI is InChI=1S/C12H23NS/c1-2-3-7-11(13)10-14-12-8-5-4-6-9-12/h2,11-12H,1,3-10,13H2. The Kier molecular flexibility index (Phi) is 6.37. The van der Waals surface area contributed by atoms with Gasteiger partial charge in [-0.05, 0) is 25.7 Å². The molecular formula is C12H23NS. The zero-order valence-corrected chi connectivity index (χ0v) is 9.90. The third-order valence-electron chi connectivity index (χ3n) is 2.84. The summed E-state index contributed by atoms with van der Waals surface area (Å²) in [5.74, 6) is 1.14. The van der Waals surface area contributed by atoms with Gasteiger partial charge in [0.2, 0.25) is 0 Å². The predicted octanol–water partition coefficient (Wildman–Crippen LogP) is 3.35. The Morgan fingerprint density at radius 1 is 1.36 bits per heavy atom. The lowest BCUT2D eigenvalue weighted by molar-refractivity contribution is 0.515. The molecule has 0 spiro atoms. The fraction of sp³-hybridized carbons (Fsp3) is 0.833. The molecule has 0 bridgehead atoms. The highest BCUT2D eigenvalue weighted by Gasteiger charge is 2.14. The van der Waals surface area contributed by atoms with Crippen molar-refractivity contribution in [2.24, 2.45) is 5.73 Å². The second kappa shape index (κ2) is 7.36. The van der Waals surface area contributed by atoms with Crippen LogP contribution in [0.3, 0.4) is 0 Å². The van der Waals surface area contributed by atoms with E-state index in [1.807, 2.05) is 6.08 Å². The van der Waals surface area contributed by atoms with Crippen molar-refractivity contribution in [3.63, 3.8) is 0 Å². The molecule has 0 heterocycles. The molecule has 0 aromatic heterocycles. The van der Waals surface area contributed by atoms with Gasteiger partial charge in [-0.3, -0.25) is 0 Å². The first kappa shape index (κ1) is 12.1. The Bertz CT molecular complexity index is 152. The second-order valence-electron chi connectivity index (χ2n) is 4.22. The summed E-state index contributed by atoms with van der Waals surface area (Å²) in [5.41, 5.74) is 6.01. The van der Waals surface area contributed by atoms with Gasteiger partial charge in [0.25, 0.3) is 0 Å². The van der Waals surface area contributed by atoms with Gasteiger partial charge >= 0.3 is 0 Å². The summed E-state index contributed by atoms with van der Waals surface area (Å²) in [6, 6.07) is 0.375. The Balaban J connectivity index is 2.03. The fourth-order valence-electron chi connectivity index (χ4n) is 1.91. The van der Waals surface area contributed by atoms with Gasteiger partial charge in [0.1, 0.15) is 0 Å². The Morgan fingerprint density at radius 2 is 2.07 bits per heavy atom. The molecule has 2 N–H and O–H groups in total. The van der Waals surface area contributed by atoms with E-state index in [0.717, 1.165) is 23.8 Å². The average Bonchev–Trinajstić information content (AvgIpc) is 2.25. The highest BCUT2D eigenvalue weighted by atomic mass is 32.2. The Hall–Kier alpha value is 0.0500. The molecular weight excluding hydrogens is 190 g/mol. The fourth-order valence-corrected chi connectivity index (χ4v) is 3.26. The number of hydrogen-bond donors (Lipinski definition) is 1. The first-order valence-electron chi connectivity index (χ1n) is 5.81. The van der Waals surface area contributed by atoms with E-state index in [0.29, 0.717) is 6.04 Å². The number of hydrogen-bond acceptors (Lipinski definition) is 2. The lowest BCUT2D eigenvalue weighted by atomic mass is 10.0. The summed E-state index contributed by atoms with van der Waals surface area (Å²) in [5, 5.41) is 0.901. The molecule has 0 aromatic rings. The molecule has 1 rings (SSSR count). The number of nitrogens with two attached hydrogens (primary N) is 1. The molecule has 1 nitrogen and oxygen atoms in total. The normalized spacial score (nSPS) is 20.6. The quantitative estimate of drug-likeness (QED) is 0.685. The minimum Gasteiger partial charge on any atom is -0.327 e. The molecule has 0 amide bonds. The lowest BCUT2D eigenvalue weighted by Gasteiger charge is -2.22. The monoisotopic (exact) mass is 213 g/mol. The van der Waals surface area contributed by atoms with Gasteiger partial charge in [0.05, 0.1) is 0 Å². The number of allylic oxidation sites excluding steroid dienone is 1. The maximum Gasteiger partial charge on any atom is 0.0133 e. The lowest BCUT2D eigenvalue weighted by Crippen LogP contribution is -2.24. The minimum absolute atomic E-state index is 0.375. The van der Waals surface area contributed by atoms with Gasteiger partial charge in [0.15, 0.2) is 0 Å². The van der Waals surface area contributed by atoms with E-state index in [2.05, 4.69) is 18.3 Å². The van der Waals surface area contributed by atoms with Crippen molar-refractivity contribution < 1.29 is 0 Å². The van der Waals surface area contributed by atoms with Crippen molar-refractivity contribution in [3.05, 3.63) is 12.7 Å². The zero-order chi connectivity index (χ0) is 10.2. The van der Waals surface area contributed by atoms with E-state index in [1.54, 1.807) is 0 Å². The van der Waals surface area contributed by atoms with Gasteiger partial charge in [-0.15, -0.1) is 6.58 Å². The summed E-state index contributed by atoms with van der Waals surface area (Å²) in [4.78, 5) is 0. The summed E-state index contributed by atoms with van der Waals surface area (Å²) >= 11 is 2.10. The van der Waals surface area contributed by atoms with Gasteiger partial charge in [-0.2, -0.15) is 11.8 Å². The van der Waals surface area contributed by atoms with Crippen LogP contribution in [0.25, 0.3) is 0 Å². The first-order valence-corrected chi connectivity index (χ1v) is 6.86. The minimum atomic E-state index is 0.375. The van der Waals surface area contributed by atoms with Crippen molar-refractivity contribution in [2.75, 3.05) is 5.75 Å². The average molecular weight is 213 g/mol. The molecule has 1 aliphatic carbocycles. The second-order valence-corrected chi connectivity index (χ2v) is 5.55. The molecule has 1 fully saturated rings. The van der Waals surface area contributed by atoms with Crippen LogP contribution in [0, 0.1) is 0 Å². The highest BCUT2D eigenvalue weighted by Crippen LogP contribution is 2.28. The predicted molar refractivity (Wildman–Crippen MR) is 66.7 cm³/mol. The van der Waals surface area contributed by atoms with Gasteiger partial charge < -0.3 is 5.73 Å². The maximum absolute atomic E-state index is 6.01.